The molecule has 108 valence electrons. The highest BCUT2D eigenvalue weighted by Crippen LogP contribution is 2.37. The molecule has 5 heteroatoms. The van der Waals surface area contributed by atoms with Gasteiger partial charge in [-0.05, 0) is 34.5 Å². The van der Waals surface area contributed by atoms with Gasteiger partial charge in [0, 0.05) is 11.0 Å². The molecule has 0 saturated heterocycles. The van der Waals surface area contributed by atoms with E-state index in [0.717, 1.165) is 31.7 Å². The van der Waals surface area contributed by atoms with Crippen LogP contribution in [0.2, 0.25) is 0 Å². The van der Waals surface area contributed by atoms with E-state index in [4.69, 9.17) is 0 Å². The van der Waals surface area contributed by atoms with E-state index in [0.29, 0.717) is 16.7 Å². The molecule has 1 aromatic carbocycles. The van der Waals surface area contributed by atoms with Gasteiger partial charge in [0.2, 0.25) is 0 Å². The number of carbonyl (C=O) groups is 2. The number of Topliss-reactive ketones (excluding diaryl/α,β-unsaturated/α-hetero) is 1. The van der Waals surface area contributed by atoms with Crippen LogP contribution >= 0.6 is 15.9 Å². The standard InChI is InChI=1S/C15H17BrFNO2/c1-2-3-4-5-6-7-18-13-11(14(19)15(18)20)8-10(17)9-12(13)16/h8-9H,2-7H2,1H3. The Bertz CT molecular complexity index is 545. The number of anilines is 1. The minimum Gasteiger partial charge on any atom is -0.304 e. The van der Waals surface area contributed by atoms with Crippen LogP contribution in [0.5, 0.6) is 0 Å². The number of benzene rings is 1. The Morgan fingerprint density at radius 1 is 1.15 bits per heavy atom. The number of nitrogens with zero attached hydrogens (tertiary/aromatic N) is 1. The number of halogens is 2. The van der Waals surface area contributed by atoms with E-state index in [1.807, 2.05) is 0 Å². The lowest BCUT2D eigenvalue weighted by molar-refractivity contribution is -0.114. The SMILES string of the molecule is CCCCCCCN1C(=O)C(=O)c2cc(F)cc(Br)c21. The minimum atomic E-state index is -0.617. The van der Waals surface area contributed by atoms with Crippen molar-refractivity contribution in [2.45, 2.75) is 39.0 Å². The van der Waals surface area contributed by atoms with Crippen molar-refractivity contribution in [1.29, 1.82) is 0 Å². The first kappa shape index (κ1) is 15.2. The molecule has 20 heavy (non-hydrogen) atoms. The Morgan fingerprint density at radius 2 is 1.85 bits per heavy atom. The zero-order valence-electron chi connectivity index (χ0n) is 11.4. The molecule has 1 amide bonds. The molecule has 0 aromatic heterocycles. The van der Waals surface area contributed by atoms with E-state index >= 15 is 0 Å². The molecule has 0 bridgehead atoms. The molecule has 1 aliphatic heterocycles. The van der Waals surface area contributed by atoms with Crippen LogP contribution in [0.25, 0.3) is 0 Å². The Hall–Kier alpha value is -1.23. The summed E-state index contributed by atoms with van der Waals surface area (Å²) in [6.45, 7) is 2.65. The van der Waals surface area contributed by atoms with Crippen LogP contribution < -0.4 is 4.90 Å². The topological polar surface area (TPSA) is 37.4 Å². The first-order chi connectivity index (χ1) is 9.56. The van der Waals surface area contributed by atoms with E-state index in [1.165, 1.54) is 17.4 Å². The van der Waals surface area contributed by atoms with Gasteiger partial charge in [-0.2, -0.15) is 0 Å². The molecule has 1 heterocycles. The van der Waals surface area contributed by atoms with Crippen molar-refractivity contribution in [2.24, 2.45) is 0 Å². The summed E-state index contributed by atoms with van der Waals surface area (Å²) in [5, 5.41) is 0. The third-order valence-corrected chi connectivity index (χ3v) is 4.07. The van der Waals surface area contributed by atoms with Crippen molar-refractivity contribution in [3.63, 3.8) is 0 Å². The van der Waals surface area contributed by atoms with Crippen molar-refractivity contribution in [3.8, 4) is 0 Å². The van der Waals surface area contributed by atoms with Gasteiger partial charge in [0.1, 0.15) is 5.82 Å². The molecule has 0 radical (unpaired) electrons. The van der Waals surface area contributed by atoms with Gasteiger partial charge in [-0.25, -0.2) is 4.39 Å². The van der Waals surface area contributed by atoms with Gasteiger partial charge in [-0.3, -0.25) is 9.59 Å². The number of hydrogen-bond acceptors (Lipinski definition) is 2. The molecule has 0 atom stereocenters. The van der Waals surface area contributed by atoms with Crippen molar-refractivity contribution >= 4 is 33.3 Å². The lowest BCUT2D eigenvalue weighted by atomic mass is 10.1. The van der Waals surface area contributed by atoms with Gasteiger partial charge in [0.05, 0.1) is 11.3 Å². The number of amides is 1. The number of rotatable bonds is 6. The normalized spacial score (nSPS) is 14.1. The van der Waals surface area contributed by atoms with Gasteiger partial charge in [0.15, 0.2) is 0 Å². The smallest absolute Gasteiger partial charge is 0.299 e. The number of hydrogen-bond donors (Lipinski definition) is 0. The van der Waals surface area contributed by atoms with Crippen molar-refractivity contribution < 1.29 is 14.0 Å². The van der Waals surface area contributed by atoms with Crippen LogP contribution in [0, 0.1) is 5.82 Å². The molecule has 1 aromatic rings. The maximum Gasteiger partial charge on any atom is 0.299 e. The second-order valence-electron chi connectivity index (χ2n) is 4.98. The van der Waals surface area contributed by atoms with E-state index in [1.54, 1.807) is 0 Å². The summed E-state index contributed by atoms with van der Waals surface area (Å²) in [5.74, 6) is -1.68. The number of unbranched alkanes of at least 4 members (excludes halogenated alkanes) is 4. The predicted molar refractivity (Wildman–Crippen MR) is 79.5 cm³/mol. The minimum absolute atomic E-state index is 0.162. The first-order valence-corrected chi connectivity index (χ1v) is 7.70. The Morgan fingerprint density at radius 3 is 2.55 bits per heavy atom. The third-order valence-electron chi connectivity index (χ3n) is 3.47. The molecule has 3 nitrogen and oxygen atoms in total. The van der Waals surface area contributed by atoms with Crippen LogP contribution in [0.3, 0.4) is 0 Å². The van der Waals surface area contributed by atoms with Crippen molar-refractivity contribution in [3.05, 3.63) is 28.0 Å². The van der Waals surface area contributed by atoms with Gasteiger partial charge in [0.25, 0.3) is 11.7 Å². The quantitative estimate of drug-likeness (QED) is 0.577. The molecule has 0 spiro atoms. The van der Waals surface area contributed by atoms with E-state index in [-0.39, 0.29) is 5.56 Å². The maximum atomic E-state index is 13.3. The summed E-state index contributed by atoms with van der Waals surface area (Å²) < 4.78 is 13.8. The highest BCUT2D eigenvalue weighted by molar-refractivity contribution is 9.10. The van der Waals surface area contributed by atoms with E-state index in [2.05, 4.69) is 22.9 Å². The fourth-order valence-corrected chi connectivity index (χ4v) is 3.09. The third kappa shape index (κ3) is 2.92. The summed E-state index contributed by atoms with van der Waals surface area (Å²) in [7, 11) is 0. The van der Waals surface area contributed by atoms with E-state index in [9.17, 15) is 14.0 Å². The van der Waals surface area contributed by atoms with E-state index < -0.39 is 17.5 Å². The summed E-state index contributed by atoms with van der Waals surface area (Å²) in [6.07, 6.45) is 5.35. The first-order valence-electron chi connectivity index (χ1n) is 6.91. The van der Waals surface area contributed by atoms with Crippen LogP contribution in [0.15, 0.2) is 16.6 Å². The van der Waals surface area contributed by atoms with Crippen molar-refractivity contribution in [2.75, 3.05) is 11.4 Å². The van der Waals surface area contributed by atoms with Crippen LogP contribution in [0.1, 0.15) is 49.4 Å². The summed E-state index contributed by atoms with van der Waals surface area (Å²) in [5.41, 5.74) is 0.673. The highest BCUT2D eigenvalue weighted by atomic mass is 79.9. The van der Waals surface area contributed by atoms with Gasteiger partial charge in [-0.1, -0.05) is 32.6 Å². The average molecular weight is 342 g/mol. The Labute approximate surface area is 126 Å². The van der Waals surface area contributed by atoms with Gasteiger partial charge in [-0.15, -0.1) is 0 Å². The molecular formula is C15H17BrFNO2. The molecule has 0 unspecified atom stereocenters. The highest BCUT2D eigenvalue weighted by Gasteiger charge is 2.37. The summed E-state index contributed by atoms with van der Waals surface area (Å²) in [4.78, 5) is 25.3. The largest absolute Gasteiger partial charge is 0.304 e. The number of ketones is 1. The second-order valence-corrected chi connectivity index (χ2v) is 5.84. The molecular weight excluding hydrogens is 325 g/mol. The molecule has 0 saturated carbocycles. The maximum absolute atomic E-state index is 13.3. The lowest BCUT2D eigenvalue weighted by Gasteiger charge is -2.17. The van der Waals surface area contributed by atoms with Crippen LogP contribution in [-0.2, 0) is 4.79 Å². The monoisotopic (exact) mass is 341 g/mol. The second kappa shape index (κ2) is 6.48. The zero-order valence-corrected chi connectivity index (χ0v) is 13.0. The van der Waals surface area contributed by atoms with Gasteiger partial charge >= 0.3 is 0 Å². The molecule has 0 aliphatic carbocycles. The van der Waals surface area contributed by atoms with Crippen LogP contribution in [-0.4, -0.2) is 18.2 Å². The summed E-state index contributed by atoms with van der Waals surface area (Å²) in [6, 6.07) is 2.42. The fourth-order valence-electron chi connectivity index (χ4n) is 2.44. The predicted octanol–water partition coefficient (Wildman–Crippen LogP) is 4.09. The molecule has 1 aliphatic rings. The Kier molecular flexibility index (Phi) is 4.91. The number of carbonyl (C=O) groups excluding carboxylic acids is 2. The summed E-state index contributed by atoms with van der Waals surface area (Å²) >= 11 is 3.24. The number of fused-ring (bicyclic) bond motifs is 1. The van der Waals surface area contributed by atoms with Crippen LogP contribution in [0.4, 0.5) is 10.1 Å². The Balaban J connectivity index is 2.12. The average Bonchev–Trinajstić information content (AvgIpc) is 2.64. The fraction of sp³-hybridized carbons (Fsp3) is 0.467. The molecule has 0 N–H and O–H groups in total. The van der Waals surface area contributed by atoms with Crippen molar-refractivity contribution in [1.82, 2.24) is 0 Å². The lowest BCUT2D eigenvalue weighted by Crippen LogP contribution is -2.30. The molecule has 0 fully saturated rings. The molecule has 2 rings (SSSR count). The zero-order chi connectivity index (χ0) is 14.7. The van der Waals surface area contributed by atoms with Gasteiger partial charge < -0.3 is 4.90 Å².